The first kappa shape index (κ1) is 16.3. The van der Waals surface area contributed by atoms with Crippen molar-refractivity contribution in [2.24, 2.45) is 0 Å². The molecule has 0 unspecified atom stereocenters. The van der Waals surface area contributed by atoms with E-state index in [1.807, 2.05) is 24.3 Å². The maximum Gasteiger partial charge on any atom is 0.321 e. The van der Waals surface area contributed by atoms with Crippen molar-refractivity contribution >= 4 is 11.7 Å². The summed E-state index contributed by atoms with van der Waals surface area (Å²) in [5, 5.41) is 6.62. The fourth-order valence-corrected chi connectivity index (χ4v) is 2.72. The van der Waals surface area contributed by atoms with Gasteiger partial charge in [0.2, 0.25) is 5.89 Å². The Bertz CT molecular complexity index is 677. The second kappa shape index (κ2) is 7.33. The molecule has 1 aromatic heterocycles. The largest absolute Gasteiger partial charge is 0.490 e. The van der Waals surface area contributed by atoms with Gasteiger partial charge >= 0.3 is 6.03 Å². The van der Waals surface area contributed by atoms with Crippen LogP contribution in [0.2, 0.25) is 0 Å². The fourth-order valence-electron chi connectivity index (χ4n) is 2.72. The van der Waals surface area contributed by atoms with Crippen LogP contribution in [0, 0.1) is 6.92 Å². The molecule has 7 nitrogen and oxygen atoms in total. The van der Waals surface area contributed by atoms with E-state index < -0.39 is 0 Å². The molecule has 3 rings (SSSR count). The summed E-state index contributed by atoms with van der Waals surface area (Å²) in [6.45, 7) is 2.00. The fraction of sp³-hybridized carbons (Fsp3) is 0.471. The van der Waals surface area contributed by atoms with Gasteiger partial charge in [-0.25, -0.2) is 4.79 Å². The first-order valence-corrected chi connectivity index (χ1v) is 8.18. The lowest BCUT2D eigenvalue weighted by Gasteiger charge is -2.17. The van der Waals surface area contributed by atoms with E-state index in [1.54, 1.807) is 14.0 Å². The molecule has 1 heterocycles. The maximum atomic E-state index is 12.2. The molecule has 2 amide bonds. The van der Waals surface area contributed by atoms with Crippen molar-refractivity contribution in [1.82, 2.24) is 15.0 Å². The van der Waals surface area contributed by atoms with E-state index in [9.17, 15) is 4.79 Å². The Hall–Kier alpha value is -2.57. The number of aryl methyl sites for hydroxylation is 1. The van der Waals surface area contributed by atoms with Gasteiger partial charge in [0.25, 0.3) is 0 Å². The lowest BCUT2D eigenvalue weighted by Crippen LogP contribution is -2.31. The second-order valence-electron chi connectivity index (χ2n) is 6.06. The summed E-state index contributed by atoms with van der Waals surface area (Å²) in [5.74, 6) is 1.80. The number of urea groups is 1. The number of benzene rings is 1. The van der Waals surface area contributed by atoms with E-state index >= 15 is 0 Å². The number of aromatic nitrogens is 2. The van der Waals surface area contributed by atoms with E-state index in [-0.39, 0.29) is 12.6 Å². The van der Waals surface area contributed by atoms with Crippen molar-refractivity contribution in [3.8, 4) is 5.75 Å². The van der Waals surface area contributed by atoms with Crippen molar-refractivity contribution in [2.75, 3.05) is 12.4 Å². The Morgan fingerprint density at radius 1 is 1.33 bits per heavy atom. The number of carbonyl (C=O) groups is 1. The zero-order valence-electron chi connectivity index (χ0n) is 14.0. The van der Waals surface area contributed by atoms with Crippen LogP contribution >= 0.6 is 0 Å². The van der Waals surface area contributed by atoms with Crippen LogP contribution in [0.3, 0.4) is 0 Å². The number of anilines is 1. The summed E-state index contributed by atoms with van der Waals surface area (Å²) in [4.78, 5) is 17.8. The van der Waals surface area contributed by atoms with Crippen molar-refractivity contribution < 1.29 is 14.1 Å². The van der Waals surface area contributed by atoms with Crippen molar-refractivity contribution in [3.63, 3.8) is 0 Å². The number of nitrogens with one attached hydrogen (secondary N) is 1. The van der Waals surface area contributed by atoms with Gasteiger partial charge in [-0.15, -0.1) is 0 Å². The first-order chi connectivity index (χ1) is 11.6. The van der Waals surface area contributed by atoms with Gasteiger partial charge in [-0.3, -0.25) is 0 Å². The van der Waals surface area contributed by atoms with E-state index in [1.165, 1.54) is 17.7 Å². The third-order valence-electron chi connectivity index (χ3n) is 4.01. The predicted octanol–water partition coefficient (Wildman–Crippen LogP) is 3.36. The van der Waals surface area contributed by atoms with E-state index in [0.717, 1.165) is 24.3 Å². The highest BCUT2D eigenvalue weighted by atomic mass is 16.5. The summed E-state index contributed by atoms with van der Waals surface area (Å²) in [6, 6.07) is 7.22. The molecule has 128 valence electrons. The normalized spacial score (nSPS) is 14.6. The smallest absolute Gasteiger partial charge is 0.321 e. The van der Waals surface area contributed by atoms with Crippen LogP contribution in [0.4, 0.5) is 10.5 Å². The number of ether oxygens (including phenoxy) is 1. The standard InChI is InChI=1S/C17H22N4O3/c1-12-18-16(20-24-12)11-21(2)17(22)19-13-7-9-15(10-8-13)23-14-5-3-4-6-14/h7-10,14H,3-6,11H2,1-2H3,(H,19,22). The minimum Gasteiger partial charge on any atom is -0.490 e. The summed E-state index contributed by atoms with van der Waals surface area (Å²) in [5.41, 5.74) is 0.718. The molecule has 0 spiro atoms. The van der Waals surface area contributed by atoms with Crippen molar-refractivity contribution in [2.45, 2.75) is 45.3 Å². The molecule has 2 aromatic rings. The summed E-state index contributed by atoms with van der Waals surface area (Å²) >= 11 is 0. The zero-order valence-corrected chi connectivity index (χ0v) is 14.0. The van der Waals surface area contributed by atoms with Crippen LogP contribution in [0.1, 0.15) is 37.4 Å². The Morgan fingerprint density at radius 2 is 2.04 bits per heavy atom. The Morgan fingerprint density at radius 3 is 2.67 bits per heavy atom. The van der Waals surface area contributed by atoms with E-state index in [2.05, 4.69) is 15.5 Å². The van der Waals surface area contributed by atoms with Crippen LogP contribution in [-0.4, -0.2) is 34.2 Å². The third kappa shape index (κ3) is 4.24. The minimum absolute atomic E-state index is 0.234. The Balaban J connectivity index is 1.51. The first-order valence-electron chi connectivity index (χ1n) is 8.18. The molecular weight excluding hydrogens is 308 g/mol. The topological polar surface area (TPSA) is 80.5 Å². The highest BCUT2D eigenvalue weighted by Gasteiger charge is 2.16. The summed E-state index contributed by atoms with van der Waals surface area (Å²) in [7, 11) is 1.68. The monoisotopic (exact) mass is 330 g/mol. The van der Waals surface area contributed by atoms with Gasteiger partial charge in [0.15, 0.2) is 5.82 Å². The van der Waals surface area contributed by atoms with Gasteiger partial charge in [-0.05, 0) is 49.9 Å². The molecule has 1 N–H and O–H groups in total. The van der Waals surface area contributed by atoms with Gasteiger partial charge in [-0.2, -0.15) is 4.98 Å². The van der Waals surface area contributed by atoms with Crippen molar-refractivity contribution in [1.29, 1.82) is 0 Å². The lowest BCUT2D eigenvalue weighted by atomic mass is 10.3. The number of amides is 2. The highest BCUT2D eigenvalue weighted by Crippen LogP contribution is 2.25. The molecule has 1 saturated carbocycles. The van der Waals surface area contributed by atoms with Gasteiger partial charge < -0.3 is 19.5 Å². The summed E-state index contributed by atoms with van der Waals surface area (Å²) < 4.78 is 10.8. The molecule has 24 heavy (non-hydrogen) atoms. The SMILES string of the molecule is Cc1nc(CN(C)C(=O)Nc2ccc(OC3CCCC3)cc2)no1. The average molecular weight is 330 g/mol. The summed E-state index contributed by atoms with van der Waals surface area (Å²) in [6.07, 6.45) is 5.06. The molecule has 1 aliphatic rings. The molecule has 1 aromatic carbocycles. The number of carbonyl (C=O) groups excluding carboxylic acids is 1. The van der Waals surface area contributed by atoms with Gasteiger partial charge in [0, 0.05) is 19.7 Å². The van der Waals surface area contributed by atoms with Gasteiger partial charge in [-0.1, -0.05) is 5.16 Å². The van der Waals surface area contributed by atoms with Crippen LogP contribution in [0.15, 0.2) is 28.8 Å². The van der Waals surface area contributed by atoms with Crippen molar-refractivity contribution in [3.05, 3.63) is 36.0 Å². The molecule has 7 heteroatoms. The molecule has 1 aliphatic carbocycles. The van der Waals surface area contributed by atoms with Gasteiger partial charge in [0.1, 0.15) is 5.75 Å². The van der Waals surface area contributed by atoms with Crippen LogP contribution in [-0.2, 0) is 6.54 Å². The minimum atomic E-state index is -0.234. The molecule has 1 fully saturated rings. The van der Waals surface area contributed by atoms with E-state index in [4.69, 9.17) is 9.26 Å². The molecule has 0 aliphatic heterocycles. The molecule has 0 radical (unpaired) electrons. The predicted molar refractivity (Wildman–Crippen MR) is 88.8 cm³/mol. The molecule has 0 saturated heterocycles. The number of hydrogen-bond acceptors (Lipinski definition) is 5. The molecular formula is C17H22N4O3. The van der Waals surface area contributed by atoms with Crippen LogP contribution in [0.5, 0.6) is 5.75 Å². The second-order valence-corrected chi connectivity index (χ2v) is 6.06. The number of rotatable bonds is 5. The Kier molecular flexibility index (Phi) is 4.98. The Labute approximate surface area is 141 Å². The average Bonchev–Trinajstić information content (AvgIpc) is 3.21. The maximum absolute atomic E-state index is 12.2. The molecule has 0 bridgehead atoms. The quantitative estimate of drug-likeness (QED) is 0.909. The lowest BCUT2D eigenvalue weighted by molar-refractivity contribution is 0.210. The number of nitrogens with zero attached hydrogens (tertiary/aromatic N) is 3. The van der Waals surface area contributed by atoms with Crippen LogP contribution in [0.25, 0.3) is 0 Å². The number of hydrogen-bond donors (Lipinski definition) is 1. The van der Waals surface area contributed by atoms with Crippen LogP contribution < -0.4 is 10.1 Å². The van der Waals surface area contributed by atoms with Gasteiger partial charge in [0.05, 0.1) is 12.6 Å². The zero-order chi connectivity index (χ0) is 16.9. The highest BCUT2D eigenvalue weighted by molar-refractivity contribution is 5.89. The van der Waals surface area contributed by atoms with E-state index in [0.29, 0.717) is 17.8 Å². The molecule has 0 atom stereocenters. The third-order valence-corrected chi connectivity index (χ3v) is 4.01.